The minimum Gasteiger partial charge on any atom is -0.377 e. The molecule has 1 atom stereocenters. The molecule has 2 heteroatoms. The number of hydrogen-bond donors (Lipinski definition) is 1. The van der Waals surface area contributed by atoms with E-state index < -0.39 is 6.10 Å². The van der Waals surface area contributed by atoms with E-state index >= 15 is 0 Å². The standard InChI is InChI=1S/C9H12O2/c1-4-8(7-11-6-3)9(10)5-2/h2,9-10H,1,6-7H2,3H3/t9-/m1/s1. The largest absolute Gasteiger partial charge is 0.377 e. The molecule has 0 amide bonds. The maximum Gasteiger partial charge on any atom is 0.145 e. The first-order valence-electron chi connectivity index (χ1n) is 3.37. The van der Waals surface area contributed by atoms with E-state index in [1.54, 1.807) is 0 Å². The lowest BCUT2D eigenvalue weighted by atomic mass is 10.2. The second kappa shape index (κ2) is 5.76. The van der Waals surface area contributed by atoms with Crippen LogP contribution in [-0.4, -0.2) is 24.4 Å². The van der Waals surface area contributed by atoms with Gasteiger partial charge < -0.3 is 9.84 Å². The number of rotatable bonds is 4. The Balaban J connectivity index is 4.00. The van der Waals surface area contributed by atoms with E-state index in [0.29, 0.717) is 18.8 Å². The monoisotopic (exact) mass is 152 g/mol. The van der Waals surface area contributed by atoms with Crippen molar-refractivity contribution >= 4 is 0 Å². The molecule has 0 aromatic rings. The highest BCUT2D eigenvalue weighted by molar-refractivity contribution is 5.17. The van der Waals surface area contributed by atoms with Gasteiger partial charge in [0.1, 0.15) is 6.10 Å². The van der Waals surface area contributed by atoms with Gasteiger partial charge in [0.2, 0.25) is 0 Å². The topological polar surface area (TPSA) is 29.5 Å². The number of hydrogen-bond acceptors (Lipinski definition) is 2. The zero-order valence-corrected chi connectivity index (χ0v) is 6.63. The Hall–Kier alpha value is -1.00. The van der Waals surface area contributed by atoms with Crippen molar-refractivity contribution in [1.29, 1.82) is 0 Å². The van der Waals surface area contributed by atoms with Gasteiger partial charge in [0.05, 0.1) is 6.61 Å². The smallest absolute Gasteiger partial charge is 0.145 e. The van der Waals surface area contributed by atoms with E-state index in [4.69, 9.17) is 16.3 Å². The van der Waals surface area contributed by atoms with Crippen LogP contribution in [0.3, 0.4) is 0 Å². The normalized spacial score (nSPS) is 11.4. The van der Waals surface area contributed by atoms with Gasteiger partial charge in [-0.1, -0.05) is 12.5 Å². The first kappa shape index (κ1) is 10.0. The van der Waals surface area contributed by atoms with Crippen LogP contribution in [0.5, 0.6) is 0 Å². The van der Waals surface area contributed by atoms with Crippen molar-refractivity contribution in [3.05, 3.63) is 17.9 Å². The van der Waals surface area contributed by atoms with Gasteiger partial charge >= 0.3 is 0 Å². The molecule has 0 aromatic heterocycles. The molecule has 0 fully saturated rings. The highest BCUT2D eigenvalue weighted by Gasteiger charge is 2.05. The molecule has 0 aromatic carbocycles. The fourth-order valence-electron chi connectivity index (χ4n) is 0.539. The van der Waals surface area contributed by atoms with Crippen LogP contribution >= 0.6 is 0 Å². The highest BCUT2D eigenvalue weighted by atomic mass is 16.5. The molecule has 60 valence electrons. The summed E-state index contributed by atoms with van der Waals surface area (Å²) in [5, 5.41) is 9.09. The van der Waals surface area contributed by atoms with Gasteiger partial charge in [-0.15, -0.1) is 12.2 Å². The van der Waals surface area contributed by atoms with Crippen LogP contribution in [0.15, 0.2) is 17.9 Å². The maximum atomic E-state index is 9.09. The summed E-state index contributed by atoms with van der Waals surface area (Å²) in [5.41, 5.74) is 3.05. The summed E-state index contributed by atoms with van der Waals surface area (Å²) in [6, 6.07) is 0. The van der Waals surface area contributed by atoms with E-state index in [1.165, 1.54) is 0 Å². The van der Waals surface area contributed by atoms with Crippen LogP contribution in [0, 0.1) is 12.3 Å². The Kier molecular flexibility index (Phi) is 5.24. The van der Waals surface area contributed by atoms with Crippen LogP contribution in [0.25, 0.3) is 0 Å². The molecule has 0 aliphatic heterocycles. The van der Waals surface area contributed by atoms with Gasteiger partial charge in [0.25, 0.3) is 0 Å². The summed E-state index contributed by atoms with van der Waals surface area (Å²) in [6.45, 7) is 6.13. The zero-order chi connectivity index (χ0) is 8.69. The Morgan fingerprint density at radius 2 is 2.45 bits per heavy atom. The summed E-state index contributed by atoms with van der Waals surface area (Å²) >= 11 is 0. The lowest BCUT2D eigenvalue weighted by Crippen LogP contribution is -2.11. The molecule has 1 N–H and O–H groups in total. The van der Waals surface area contributed by atoms with Crippen molar-refractivity contribution in [3.8, 4) is 12.3 Å². The predicted octanol–water partition coefficient (Wildman–Crippen LogP) is 0.728. The SMILES string of the molecule is C#C[C@@H](O)C(=C=C)COCC. The molecular weight excluding hydrogens is 140 g/mol. The molecule has 0 spiro atoms. The average molecular weight is 152 g/mol. The van der Waals surface area contributed by atoms with Crippen molar-refractivity contribution in [2.45, 2.75) is 13.0 Å². The molecule has 0 unspecified atom stereocenters. The molecule has 2 nitrogen and oxygen atoms in total. The number of aliphatic hydroxyl groups is 1. The van der Waals surface area contributed by atoms with Crippen LogP contribution in [-0.2, 0) is 4.74 Å². The number of aliphatic hydroxyl groups excluding tert-OH is 1. The van der Waals surface area contributed by atoms with Crippen molar-refractivity contribution in [2.75, 3.05) is 13.2 Å². The third kappa shape index (κ3) is 3.64. The van der Waals surface area contributed by atoms with E-state index in [-0.39, 0.29) is 0 Å². The Labute approximate surface area is 67.2 Å². The van der Waals surface area contributed by atoms with Gasteiger partial charge in [0.15, 0.2) is 0 Å². The summed E-state index contributed by atoms with van der Waals surface area (Å²) in [7, 11) is 0. The summed E-state index contributed by atoms with van der Waals surface area (Å²) in [6.07, 6.45) is 4.06. The van der Waals surface area contributed by atoms with Crippen molar-refractivity contribution in [1.82, 2.24) is 0 Å². The molecule has 0 aliphatic rings. The average Bonchev–Trinajstić information content (AvgIpc) is 2.05. The fraction of sp³-hybridized carbons (Fsp3) is 0.444. The molecule has 0 radical (unpaired) electrons. The summed E-state index contributed by atoms with van der Waals surface area (Å²) in [5.74, 6) is 2.16. The summed E-state index contributed by atoms with van der Waals surface area (Å²) < 4.78 is 5.01. The van der Waals surface area contributed by atoms with Gasteiger partial charge in [-0.3, -0.25) is 0 Å². The maximum absolute atomic E-state index is 9.09. The molecule has 0 heterocycles. The minimum atomic E-state index is -0.918. The quantitative estimate of drug-likeness (QED) is 0.475. The van der Waals surface area contributed by atoms with Crippen molar-refractivity contribution in [3.63, 3.8) is 0 Å². The molecule has 0 saturated carbocycles. The predicted molar refractivity (Wildman–Crippen MR) is 44.0 cm³/mol. The molecular formula is C9H12O2. The van der Waals surface area contributed by atoms with Crippen LogP contribution in [0.4, 0.5) is 0 Å². The molecule has 11 heavy (non-hydrogen) atoms. The minimum absolute atomic E-state index is 0.297. The van der Waals surface area contributed by atoms with Gasteiger partial charge in [-0.05, 0) is 6.92 Å². The Bertz CT molecular complexity index is 194. The van der Waals surface area contributed by atoms with E-state index in [9.17, 15) is 0 Å². The van der Waals surface area contributed by atoms with Gasteiger partial charge in [-0.2, -0.15) is 0 Å². The van der Waals surface area contributed by atoms with E-state index in [2.05, 4.69) is 18.2 Å². The second-order valence-electron chi connectivity index (χ2n) is 1.91. The lowest BCUT2D eigenvalue weighted by molar-refractivity contribution is 0.151. The van der Waals surface area contributed by atoms with Crippen molar-refractivity contribution in [2.24, 2.45) is 0 Å². The number of terminal acetylenes is 1. The van der Waals surface area contributed by atoms with Gasteiger partial charge in [0, 0.05) is 12.2 Å². The third-order valence-electron chi connectivity index (χ3n) is 1.18. The summed E-state index contributed by atoms with van der Waals surface area (Å²) in [4.78, 5) is 0. The van der Waals surface area contributed by atoms with Crippen molar-refractivity contribution < 1.29 is 9.84 Å². The Morgan fingerprint density at radius 3 is 2.82 bits per heavy atom. The Morgan fingerprint density at radius 1 is 1.82 bits per heavy atom. The molecule has 0 rings (SSSR count). The first-order valence-corrected chi connectivity index (χ1v) is 3.37. The third-order valence-corrected chi connectivity index (χ3v) is 1.18. The molecule has 0 aliphatic carbocycles. The lowest BCUT2D eigenvalue weighted by Gasteiger charge is -2.05. The fourth-order valence-corrected chi connectivity index (χ4v) is 0.539. The van der Waals surface area contributed by atoms with Crippen LogP contribution in [0.1, 0.15) is 6.92 Å². The van der Waals surface area contributed by atoms with E-state index in [0.717, 1.165) is 0 Å². The molecule has 0 saturated heterocycles. The van der Waals surface area contributed by atoms with Crippen LogP contribution in [0.2, 0.25) is 0 Å². The highest BCUT2D eigenvalue weighted by Crippen LogP contribution is 1.99. The first-order chi connectivity index (χ1) is 5.26. The zero-order valence-electron chi connectivity index (χ0n) is 6.63. The molecule has 0 bridgehead atoms. The van der Waals surface area contributed by atoms with E-state index in [1.807, 2.05) is 6.92 Å². The van der Waals surface area contributed by atoms with Crippen LogP contribution < -0.4 is 0 Å². The second-order valence-corrected chi connectivity index (χ2v) is 1.91. The van der Waals surface area contributed by atoms with Gasteiger partial charge in [-0.25, -0.2) is 0 Å². The number of ether oxygens (including phenoxy) is 1.